The summed E-state index contributed by atoms with van der Waals surface area (Å²) in [5, 5.41) is 6.30. The lowest BCUT2D eigenvalue weighted by atomic mass is 9.95. The van der Waals surface area contributed by atoms with E-state index in [2.05, 4.69) is 22.5 Å². The molecule has 1 fully saturated rings. The van der Waals surface area contributed by atoms with Gasteiger partial charge >= 0.3 is 5.69 Å². The highest BCUT2D eigenvalue weighted by Crippen LogP contribution is 2.12. The van der Waals surface area contributed by atoms with Crippen LogP contribution in [0.4, 0.5) is 0 Å². The van der Waals surface area contributed by atoms with E-state index in [1.807, 2.05) is 24.3 Å². The molecule has 3 N–H and O–H groups in total. The van der Waals surface area contributed by atoms with Gasteiger partial charge in [-0.1, -0.05) is 19.1 Å². The van der Waals surface area contributed by atoms with Crippen molar-refractivity contribution in [1.82, 2.24) is 20.2 Å². The number of piperidine rings is 1. The number of aromatic nitrogens is 2. The van der Waals surface area contributed by atoms with Gasteiger partial charge in [-0.05, 0) is 31.0 Å². The van der Waals surface area contributed by atoms with Crippen molar-refractivity contribution < 1.29 is 4.79 Å². The quantitative estimate of drug-likeness (QED) is 0.767. The van der Waals surface area contributed by atoms with E-state index in [0.717, 1.165) is 30.5 Å². The number of fused-ring (bicyclic) bond motifs is 1. The summed E-state index contributed by atoms with van der Waals surface area (Å²) in [7, 11) is 0. The van der Waals surface area contributed by atoms with Crippen molar-refractivity contribution in [2.75, 3.05) is 13.1 Å². The number of carbonyl (C=O) groups is 1. The van der Waals surface area contributed by atoms with Gasteiger partial charge in [0.15, 0.2) is 0 Å². The Morgan fingerprint density at radius 2 is 2.24 bits per heavy atom. The van der Waals surface area contributed by atoms with Crippen LogP contribution < -0.4 is 16.3 Å². The van der Waals surface area contributed by atoms with Crippen LogP contribution in [0.15, 0.2) is 29.1 Å². The number of para-hydroxylation sites is 2. The summed E-state index contributed by atoms with van der Waals surface area (Å²) < 4.78 is 1.48. The summed E-state index contributed by atoms with van der Waals surface area (Å²) >= 11 is 0. The fraction of sp³-hybridized carbons (Fsp3) is 0.467. The van der Waals surface area contributed by atoms with Gasteiger partial charge in [-0.25, -0.2) is 4.79 Å². The Morgan fingerprint density at radius 3 is 3.05 bits per heavy atom. The van der Waals surface area contributed by atoms with Crippen LogP contribution in [0.2, 0.25) is 0 Å². The largest absolute Gasteiger partial charge is 0.350 e. The zero-order chi connectivity index (χ0) is 14.8. The highest BCUT2D eigenvalue weighted by molar-refractivity contribution is 5.80. The molecule has 1 aromatic carbocycles. The molecule has 1 aromatic heterocycles. The molecule has 2 aromatic rings. The Hall–Kier alpha value is -2.08. The van der Waals surface area contributed by atoms with E-state index in [1.54, 1.807) is 0 Å². The molecular weight excluding hydrogens is 268 g/mol. The van der Waals surface area contributed by atoms with Crippen LogP contribution in [-0.4, -0.2) is 34.6 Å². The number of aromatic amines is 1. The van der Waals surface area contributed by atoms with Gasteiger partial charge in [0.2, 0.25) is 5.91 Å². The number of benzene rings is 1. The van der Waals surface area contributed by atoms with E-state index >= 15 is 0 Å². The summed E-state index contributed by atoms with van der Waals surface area (Å²) in [6, 6.07) is 7.52. The smallest absolute Gasteiger partial charge is 0.326 e. The van der Waals surface area contributed by atoms with Gasteiger partial charge in [-0.15, -0.1) is 0 Å². The normalized spacial score (nSPS) is 22.3. The Bertz CT molecular complexity index is 703. The lowest BCUT2D eigenvalue weighted by molar-refractivity contribution is -0.122. The van der Waals surface area contributed by atoms with Crippen LogP contribution in [0.3, 0.4) is 0 Å². The second-order valence-electron chi connectivity index (χ2n) is 5.68. The molecule has 0 saturated carbocycles. The summed E-state index contributed by atoms with van der Waals surface area (Å²) in [6.07, 6.45) is 1.05. The number of carbonyl (C=O) groups excluding carboxylic acids is 1. The predicted octanol–water partition coefficient (Wildman–Crippen LogP) is 0.444. The number of nitrogens with zero attached hydrogens (tertiary/aromatic N) is 1. The SMILES string of the molecule is CC1CCNCC1NC(=O)Cn1c(=O)[nH]c2ccccc21. The van der Waals surface area contributed by atoms with Crippen molar-refractivity contribution in [3.8, 4) is 0 Å². The number of nitrogens with one attached hydrogen (secondary N) is 3. The molecule has 1 amide bonds. The molecule has 21 heavy (non-hydrogen) atoms. The lowest BCUT2D eigenvalue weighted by Crippen LogP contribution is -2.51. The van der Waals surface area contributed by atoms with E-state index in [4.69, 9.17) is 0 Å². The minimum Gasteiger partial charge on any atom is -0.350 e. The molecule has 1 aliphatic rings. The fourth-order valence-electron chi connectivity index (χ4n) is 2.84. The highest BCUT2D eigenvalue weighted by atomic mass is 16.2. The Morgan fingerprint density at radius 1 is 1.43 bits per heavy atom. The maximum Gasteiger partial charge on any atom is 0.326 e. The van der Waals surface area contributed by atoms with Crippen molar-refractivity contribution in [1.29, 1.82) is 0 Å². The lowest BCUT2D eigenvalue weighted by Gasteiger charge is -2.30. The summed E-state index contributed by atoms with van der Waals surface area (Å²) in [5.74, 6) is 0.331. The first-order valence-electron chi connectivity index (χ1n) is 7.33. The Labute approximate surface area is 122 Å². The van der Waals surface area contributed by atoms with Crippen LogP contribution >= 0.6 is 0 Å². The summed E-state index contributed by atoms with van der Waals surface area (Å²) in [5.41, 5.74) is 1.26. The number of amides is 1. The van der Waals surface area contributed by atoms with Crippen LogP contribution in [0, 0.1) is 5.92 Å². The molecule has 6 nitrogen and oxygen atoms in total. The molecule has 0 spiro atoms. The molecule has 0 radical (unpaired) electrons. The van der Waals surface area contributed by atoms with Crippen LogP contribution in [-0.2, 0) is 11.3 Å². The molecular formula is C15H20N4O2. The first-order valence-corrected chi connectivity index (χ1v) is 7.33. The van der Waals surface area contributed by atoms with Crippen molar-refractivity contribution in [2.45, 2.75) is 25.9 Å². The fourth-order valence-corrected chi connectivity index (χ4v) is 2.84. The number of hydrogen-bond acceptors (Lipinski definition) is 3. The van der Waals surface area contributed by atoms with Gasteiger partial charge < -0.3 is 15.6 Å². The molecule has 2 atom stereocenters. The number of rotatable bonds is 3. The third-order valence-electron chi connectivity index (χ3n) is 4.16. The second kappa shape index (κ2) is 5.73. The zero-order valence-electron chi connectivity index (χ0n) is 12.1. The molecule has 6 heteroatoms. The molecule has 3 rings (SSSR count). The molecule has 112 valence electrons. The van der Waals surface area contributed by atoms with Crippen molar-refractivity contribution >= 4 is 16.9 Å². The van der Waals surface area contributed by atoms with Crippen molar-refractivity contribution in [3.05, 3.63) is 34.7 Å². The van der Waals surface area contributed by atoms with Gasteiger partial charge in [0.1, 0.15) is 6.54 Å². The maximum absolute atomic E-state index is 12.2. The first kappa shape index (κ1) is 13.9. The average molecular weight is 288 g/mol. The van der Waals surface area contributed by atoms with Gasteiger partial charge in [0.25, 0.3) is 0 Å². The number of H-pyrrole nitrogens is 1. The third kappa shape index (κ3) is 2.85. The van der Waals surface area contributed by atoms with E-state index in [-0.39, 0.29) is 24.2 Å². The van der Waals surface area contributed by atoms with Gasteiger partial charge in [0.05, 0.1) is 11.0 Å². The Kier molecular flexibility index (Phi) is 3.79. The molecule has 1 aliphatic heterocycles. The highest BCUT2D eigenvalue weighted by Gasteiger charge is 2.23. The van der Waals surface area contributed by atoms with E-state index in [9.17, 15) is 9.59 Å². The first-order chi connectivity index (χ1) is 10.1. The summed E-state index contributed by atoms with van der Waals surface area (Å²) in [4.78, 5) is 26.9. The number of hydrogen-bond donors (Lipinski definition) is 3. The Balaban J connectivity index is 1.74. The third-order valence-corrected chi connectivity index (χ3v) is 4.16. The van der Waals surface area contributed by atoms with Crippen molar-refractivity contribution in [3.63, 3.8) is 0 Å². The zero-order valence-corrected chi connectivity index (χ0v) is 12.1. The average Bonchev–Trinajstić information content (AvgIpc) is 2.78. The van der Waals surface area contributed by atoms with Gasteiger partial charge in [-0.3, -0.25) is 9.36 Å². The molecule has 0 bridgehead atoms. The minimum atomic E-state index is -0.249. The van der Waals surface area contributed by atoms with E-state index < -0.39 is 0 Å². The van der Waals surface area contributed by atoms with Crippen LogP contribution in [0.25, 0.3) is 11.0 Å². The topological polar surface area (TPSA) is 78.9 Å². The molecule has 2 unspecified atom stereocenters. The monoisotopic (exact) mass is 288 g/mol. The van der Waals surface area contributed by atoms with E-state index in [0.29, 0.717) is 5.92 Å². The molecule has 2 heterocycles. The van der Waals surface area contributed by atoms with E-state index in [1.165, 1.54) is 4.57 Å². The predicted molar refractivity (Wildman–Crippen MR) is 81.1 cm³/mol. The van der Waals surface area contributed by atoms with Crippen LogP contribution in [0.5, 0.6) is 0 Å². The standard InChI is InChI=1S/C15H20N4O2/c1-10-6-7-16-8-12(10)17-14(20)9-19-13-5-3-2-4-11(13)18-15(19)21/h2-5,10,12,16H,6-9H2,1H3,(H,17,20)(H,18,21). The summed E-state index contributed by atoms with van der Waals surface area (Å²) in [6.45, 7) is 3.97. The molecule has 0 aliphatic carbocycles. The molecule has 1 saturated heterocycles. The maximum atomic E-state index is 12.2. The number of imidazole rings is 1. The van der Waals surface area contributed by atoms with Gasteiger partial charge in [0, 0.05) is 12.6 Å². The minimum absolute atomic E-state index is 0.0477. The van der Waals surface area contributed by atoms with Crippen LogP contribution in [0.1, 0.15) is 13.3 Å². The second-order valence-corrected chi connectivity index (χ2v) is 5.68. The van der Waals surface area contributed by atoms with Gasteiger partial charge in [-0.2, -0.15) is 0 Å². The van der Waals surface area contributed by atoms with Crippen molar-refractivity contribution in [2.24, 2.45) is 5.92 Å².